The number of nitrogens with one attached hydrogen (secondary N) is 1. The zero-order chi connectivity index (χ0) is 33.9. The van der Waals surface area contributed by atoms with Gasteiger partial charge in [-0.2, -0.15) is 0 Å². The summed E-state index contributed by atoms with van der Waals surface area (Å²) in [5.41, 5.74) is 1.77. The molecular weight excluding hydrogens is 604 g/mol. The number of aromatic nitrogens is 2. The Morgan fingerprint density at radius 1 is 0.957 bits per heavy atom. The second kappa shape index (κ2) is 13.7. The Morgan fingerprint density at radius 3 is 2.34 bits per heavy atom. The van der Waals surface area contributed by atoms with E-state index in [2.05, 4.69) is 15.3 Å². The van der Waals surface area contributed by atoms with Gasteiger partial charge in [-0.15, -0.1) is 0 Å². The predicted octanol–water partition coefficient (Wildman–Crippen LogP) is 7.66. The largest absolute Gasteiger partial charge is 0.497 e. The highest BCUT2D eigenvalue weighted by Crippen LogP contribution is 2.38. The van der Waals surface area contributed by atoms with Gasteiger partial charge in [-0.1, -0.05) is 19.9 Å². The van der Waals surface area contributed by atoms with Gasteiger partial charge in [-0.05, 0) is 69.2 Å². The lowest BCUT2D eigenvalue weighted by atomic mass is 9.89. The molecule has 0 aliphatic carbocycles. The van der Waals surface area contributed by atoms with E-state index in [1.54, 1.807) is 47.4 Å². The van der Waals surface area contributed by atoms with Crippen LogP contribution in [0, 0.1) is 11.6 Å². The Labute approximate surface area is 273 Å². The fourth-order valence-electron chi connectivity index (χ4n) is 6.10. The number of nitrogens with zero attached hydrogens (tertiary/aromatic N) is 4. The van der Waals surface area contributed by atoms with Crippen LogP contribution in [-0.2, 0) is 17.9 Å². The Morgan fingerprint density at radius 2 is 1.70 bits per heavy atom. The van der Waals surface area contributed by atoms with E-state index in [1.165, 1.54) is 19.2 Å². The maximum Gasteiger partial charge on any atom is 0.258 e. The first-order chi connectivity index (χ1) is 22.6. The summed E-state index contributed by atoms with van der Waals surface area (Å²) in [7, 11) is 3.10. The number of ether oxygens (including phenoxy) is 2. The van der Waals surface area contributed by atoms with Crippen molar-refractivity contribution in [2.75, 3.05) is 24.4 Å². The molecule has 11 heteroatoms. The fraction of sp³-hybridized carbons (Fsp3) is 0.333. The van der Waals surface area contributed by atoms with Crippen LogP contribution >= 0.6 is 0 Å². The Bertz CT molecular complexity index is 1780. The molecule has 2 aromatic carbocycles. The number of carbonyl (C=O) groups excluding carboxylic acids is 2. The highest BCUT2D eigenvalue weighted by Gasteiger charge is 2.36. The van der Waals surface area contributed by atoms with Gasteiger partial charge in [0, 0.05) is 23.6 Å². The van der Waals surface area contributed by atoms with Gasteiger partial charge in [0.15, 0.2) is 0 Å². The molecule has 9 nitrogen and oxygen atoms in total. The number of halogens is 2. The quantitative estimate of drug-likeness (QED) is 0.211. The Hall–Kier alpha value is -5.06. The van der Waals surface area contributed by atoms with Crippen LogP contribution < -0.4 is 19.7 Å². The number of hydrogen-bond acceptors (Lipinski definition) is 7. The molecular formula is C36H39F2N5O4. The van der Waals surface area contributed by atoms with Gasteiger partial charge in [0.05, 0.1) is 67.4 Å². The molecule has 47 heavy (non-hydrogen) atoms. The first-order valence-corrected chi connectivity index (χ1v) is 15.6. The van der Waals surface area contributed by atoms with E-state index in [-0.39, 0.29) is 47.3 Å². The third kappa shape index (κ3) is 6.61. The summed E-state index contributed by atoms with van der Waals surface area (Å²) in [5, 5.41) is 3.18. The van der Waals surface area contributed by atoms with Crippen LogP contribution in [0.5, 0.6) is 11.5 Å². The highest BCUT2D eigenvalue weighted by atomic mass is 19.1. The summed E-state index contributed by atoms with van der Waals surface area (Å²) in [5.74, 6) is -0.256. The van der Waals surface area contributed by atoms with E-state index < -0.39 is 11.6 Å². The number of benzene rings is 2. The smallest absolute Gasteiger partial charge is 0.258 e. The molecule has 2 amide bonds. The fourth-order valence-corrected chi connectivity index (χ4v) is 6.10. The monoisotopic (exact) mass is 643 g/mol. The first kappa shape index (κ1) is 33.3. The molecule has 246 valence electrons. The molecule has 0 radical (unpaired) electrons. The van der Waals surface area contributed by atoms with Crippen molar-refractivity contribution in [1.29, 1.82) is 0 Å². The second-order valence-corrected chi connectivity index (χ2v) is 11.7. The number of fused-ring (bicyclic) bond motifs is 1. The minimum Gasteiger partial charge on any atom is -0.497 e. The summed E-state index contributed by atoms with van der Waals surface area (Å²) in [6.07, 6.45) is 3.79. The lowest BCUT2D eigenvalue weighted by Crippen LogP contribution is -2.51. The molecule has 4 heterocycles. The average Bonchev–Trinajstić information content (AvgIpc) is 3.37. The summed E-state index contributed by atoms with van der Waals surface area (Å²) in [6.45, 7) is 8.37. The molecule has 2 aliphatic rings. The Kier molecular flexibility index (Phi) is 9.74. The van der Waals surface area contributed by atoms with Crippen LogP contribution in [0.2, 0.25) is 0 Å². The normalized spacial score (nSPS) is 15.1. The van der Waals surface area contributed by atoms with Crippen LogP contribution in [0.1, 0.15) is 68.6 Å². The molecule has 1 saturated heterocycles. The van der Waals surface area contributed by atoms with Crippen LogP contribution in [0.15, 0.2) is 60.8 Å². The third-order valence-electron chi connectivity index (χ3n) is 8.31. The zero-order valence-electron chi connectivity index (χ0n) is 27.5. The number of hydrogen-bond donors (Lipinski definition) is 1. The standard InChI is InChI=1S/C34H33F2N5O4.C2H6/c1-34(2)14-6-9-30(42)41(34)21-11-13-29(37-17-21)39-26-16-25(31-23(35)7-5-8-24(31)36)38-27-19-40(33(43)32(26)27)18-20-10-12-22(44-3)15-28(20)45-4;1-2/h5,7-8,10-13,15-17H,6,9,14,18-19H2,1-4H3,(H,37,38,39);1-2H3. The number of rotatable bonds is 8. The summed E-state index contributed by atoms with van der Waals surface area (Å²) in [6, 6.07) is 13.9. The zero-order valence-corrected chi connectivity index (χ0v) is 27.5. The number of amides is 2. The predicted molar refractivity (Wildman–Crippen MR) is 177 cm³/mol. The average molecular weight is 644 g/mol. The lowest BCUT2D eigenvalue weighted by Gasteiger charge is -2.42. The van der Waals surface area contributed by atoms with Gasteiger partial charge >= 0.3 is 0 Å². The van der Waals surface area contributed by atoms with Crippen molar-refractivity contribution in [3.63, 3.8) is 0 Å². The van der Waals surface area contributed by atoms with E-state index in [0.29, 0.717) is 40.8 Å². The van der Waals surface area contributed by atoms with Gasteiger partial charge in [0.25, 0.3) is 5.91 Å². The van der Waals surface area contributed by atoms with E-state index in [1.807, 2.05) is 33.8 Å². The van der Waals surface area contributed by atoms with Crippen molar-refractivity contribution >= 4 is 29.0 Å². The number of pyridine rings is 2. The second-order valence-electron chi connectivity index (χ2n) is 11.7. The first-order valence-electron chi connectivity index (χ1n) is 15.6. The molecule has 0 bridgehead atoms. The van der Waals surface area contributed by atoms with Crippen molar-refractivity contribution in [1.82, 2.24) is 14.9 Å². The number of methoxy groups -OCH3 is 2. The van der Waals surface area contributed by atoms with Crippen molar-refractivity contribution < 1.29 is 27.8 Å². The van der Waals surface area contributed by atoms with Crippen molar-refractivity contribution in [3.8, 4) is 22.8 Å². The van der Waals surface area contributed by atoms with Crippen molar-refractivity contribution in [3.05, 3.63) is 89.2 Å². The molecule has 2 aromatic heterocycles. The molecule has 0 unspecified atom stereocenters. The molecule has 0 saturated carbocycles. The van der Waals surface area contributed by atoms with Crippen molar-refractivity contribution in [2.24, 2.45) is 0 Å². The summed E-state index contributed by atoms with van der Waals surface area (Å²) < 4.78 is 40.6. The molecule has 0 spiro atoms. The maximum atomic E-state index is 14.9. The van der Waals surface area contributed by atoms with E-state index in [0.717, 1.165) is 30.5 Å². The topological polar surface area (TPSA) is 96.9 Å². The minimum atomic E-state index is -0.770. The number of piperidine rings is 1. The van der Waals surface area contributed by atoms with Gasteiger partial charge in [0.1, 0.15) is 29.0 Å². The minimum absolute atomic E-state index is 0.0384. The number of anilines is 3. The molecule has 1 N–H and O–H groups in total. The van der Waals surface area contributed by atoms with Gasteiger partial charge < -0.3 is 24.6 Å². The SMILES string of the molecule is CC.COc1ccc(CN2Cc3nc(-c4c(F)cccc4F)cc(Nc4ccc(N5C(=O)CCCC5(C)C)cn4)c3C2=O)c(OC)c1. The van der Waals surface area contributed by atoms with Gasteiger partial charge in [-0.25, -0.2) is 18.7 Å². The van der Waals surface area contributed by atoms with Gasteiger partial charge in [0.2, 0.25) is 5.91 Å². The van der Waals surface area contributed by atoms with Crippen LogP contribution in [-0.4, -0.2) is 46.4 Å². The number of carbonyl (C=O) groups is 2. The van der Waals surface area contributed by atoms with Crippen LogP contribution in [0.3, 0.4) is 0 Å². The molecule has 2 aliphatic heterocycles. The third-order valence-corrected chi connectivity index (χ3v) is 8.31. The van der Waals surface area contributed by atoms with Gasteiger partial charge in [-0.3, -0.25) is 9.59 Å². The molecule has 6 rings (SSSR count). The molecule has 1 fully saturated rings. The van der Waals surface area contributed by atoms with Crippen molar-refractivity contribution in [2.45, 2.75) is 65.6 Å². The summed E-state index contributed by atoms with van der Waals surface area (Å²) >= 11 is 0. The van der Waals surface area contributed by atoms with E-state index in [9.17, 15) is 18.4 Å². The molecule has 4 aromatic rings. The van der Waals surface area contributed by atoms with E-state index >= 15 is 0 Å². The van der Waals surface area contributed by atoms with E-state index in [4.69, 9.17) is 9.47 Å². The maximum absolute atomic E-state index is 14.9. The summed E-state index contributed by atoms with van der Waals surface area (Å²) in [4.78, 5) is 39.1. The lowest BCUT2D eigenvalue weighted by molar-refractivity contribution is -0.121. The highest BCUT2D eigenvalue weighted by molar-refractivity contribution is 6.04. The van der Waals surface area contributed by atoms with Crippen LogP contribution in [0.25, 0.3) is 11.3 Å². The Balaban J connectivity index is 0.00000213. The molecule has 0 atom stereocenters. The van der Waals surface area contributed by atoms with Crippen LogP contribution in [0.4, 0.5) is 26.0 Å².